The summed E-state index contributed by atoms with van der Waals surface area (Å²) in [6.07, 6.45) is 0.211. The van der Waals surface area contributed by atoms with Crippen LogP contribution in [0.25, 0.3) is 0 Å². The van der Waals surface area contributed by atoms with E-state index in [2.05, 4.69) is 24.8 Å². The van der Waals surface area contributed by atoms with Crippen molar-refractivity contribution in [3.05, 3.63) is 70.5 Å². The van der Waals surface area contributed by atoms with Gasteiger partial charge in [-0.3, -0.25) is 5.01 Å². The normalized spacial score (nSPS) is 15.5. The molecule has 0 spiro atoms. The molecule has 0 unspecified atom stereocenters. The van der Waals surface area contributed by atoms with Gasteiger partial charge >= 0.3 is 0 Å². The van der Waals surface area contributed by atoms with E-state index in [0.717, 1.165) is 11.1 Å². The van der Waals surface area contributed by atoms with Gasteiger partial charge in [-0.2, -0.15) is 0 Å². The van der Waals surface area contributed by atoms with Gasteiger partial charge in [-0.25, -0.2) is 0 Å². The third-order valence-electron chi connectivity index (χ3n) is 5.53. The van der Waals surface area contributed by atoms with Crippen LogP contribution >= 0.6 is 23.2 Å². The fourth-order valence-corrected chi connectivity index (χ4v) is 3.74. The summed E-state index contributed by atoms with van der Waals surface area (Å²) in [6, 6.07) is 13.3. The molecule has 0 aromatic heterocycles. The van der Waals surface area contributed by atoms with E-state index in [1.54, 1.807) is 17.3 Å². The van der Waals surface area contributed by atoms with Crippen LogP contribution in [0.2, 0.25) is 5.02 Å². The first-order valence-corrected chi connectivity index (χ1v) is 11.8. The van der Waals surface area contributed by atoms with E-state index in [9.17, 15) is 10.2 Å². The van der Waals surface area contributed by atoms with Crippen LogP contribution in [0.4, 0.5) is 0 Å². The lowest BCUT2D eigenvalue weighted by atomic mass is 9.78. The molecule has 0 fully saturated rings. The summed E-state index contributed by atoms with van der Waals surface area (Å²) in [5.74, 6) is 1.24. The van der Waals surface area contributed by atoms with Crippen molar-refractivity contribution in [2.45, 2.75) is 31.5 Å². The predicted octanol–water partition coefficient (Wildman–Crippen LogP) is 2.54. The van der Waals surface area contributed by atoms with Crippen molar-refractivity contribution < 1.29 is 24.8 Å². The second kappa shape index (κ2) is 12.0. The Bertz CT molecular complexity index is 972. The molecule has 0 bridgehead atoms. The second-order valence-electron chi connectivity index (χ2n) is 8.58. The van der Waals surface area contributed by atoms with Crippen molar-refractivity contribution >= 4 is 23.2 Å². The van der Waals surface area contributed by atoms with Gasteiger partial charge in [0.15, 0.2) is 0 Å². The molecule has 1 aliphatic heterocycles. The number of aliphatic hydroxyl groups excluding tert-OH is 3. The van der Waals surface area contributed by atoms with Crippen molar-refractivity contribution in [3.63, 3.8) is 0 Å². The topological polar surface area (TPSA) is 106 Å². The first kappa shape index (κ1) is 26.4. The molecule has 0 saturated heterocycles. The summed E-state index contributed by atoms with van der Waals surface area (Å²) in [6.45, 7) is 4.59. The van der Waals surface area contributed by atoms with Gasteiger partial charge in [0.25, 0.3) is 0 Å². The Labute approximate surface area is 209 Å². The summed E-state index contributed by atoms with van der Waals surface area (Å²) >= 11 is 12.0. The number of halogens is 2. The average Bonchev–Trinajstić information content (AvgIpc) is 3.29. The van der Waals surface area contributed by atoms with Crippen LogP contribution in [0.3, 0.4) is 0 Å². The van der Waals surface area contributed by atoms with Crippen molar-refractivity contribution in [1.82, 2.24) is 16.0 Å². The standard InChI is InChI=1S/C24H31Cl2N3O5/c1-24(2,17-5-8-23(22(26)9-17)34-14-19(31)10-25)16-3-6-21(7-4-16)33-15-20(32)12-29-11-18(13-30)27-28-29/h3-9,11,19-20,27-28,30-32H,10,12-15H2,1-2H3/t19-,20-/m0/s1. The Morgan fingerprint density at radius 3 is 2.29 bits per heavy atom. The maximum Gasteiger partial charge on any atom is 0.138 e. The lowest BCUT2D eigenvalue weighted by Gasteiger charge is -2.27. The van der Waals surface area contributed by atoms with E-state index in [-0.39, 0.29) is 31.1 Å². The second-order valence-corrected chi connectivity index (χ2v) is 9.30. The van der Waals surface area contributed by atoms with E-state index >= 15 is 0 Å². The first-order chi connectivity index (χ1) is 16.2. The number of β-amino-alcohol motifs (C(OH)–C–C–N with tert-alkyl or cyclic N) is 1. The Morgan fingerprint density at radius 1 is 1.00 bits per heavy atom. The zero-order chi connectivity index (χ0) is 24.7. The van der Waals surface area contributed by atoms with Crippen molar-refractivity contribution in [3.8, 4) is 11.5 Å². The van der Waals surface area contributed by atoms with Gasteiger partial charge in [0, 0.05) is 11.6 Å². The highest BCUT2D eigenvalue weighted by Crippen LogP contribution is 2.36. The third-order valence-corrected chi connectivity index (χ3v) is 6.18. The molecule has 5 N–H and O–H groups in total. The summed E-state index contributed by atoms with van der Waals surface area (Å²) in [4.78, 5) is 0. The highest BCUT2D eigenvalue weighted by molar-refractivity contribution is 6.32. The van der Waals surface area contributed by atoms with Gasteiger partial charge in [-0.1, -0.05) is 43.6 Å². The van der Waals surface area contributed by atoms with E-state index < -0.39 is 12.2 Å². The van der Waals surface area contributed by atoms with Crippen LogP contribution in [0.1, 0.15) is 25.0 Å². The number of rotatable bonds is 12. The summed E-state index contributed by atoms with van der Waals surface area (Å²) in [7, 11) is 0. The van der Waals surface area contributed by atoms with Gasteiger partial charge in [0.2, 0.25) is 0 Å². The first-order valence-electron chi connectivity index (χ1n) is 10.9. The van der Waals surface area contributed by atoms with Crippen LogP contribution in [0.15, 0.2) is 54.4 Å². The van der Waals surface area contributed by atoms with Crippen LogP contribution in [-0.2, 0) is 5.41 Å². The predicted molar refractivity (Wildman–Crippen MR) is 132 cm³/mol. The Kier molecular flexibility index (Phi) is 9.30. The van der Waals surface area contributed by atoms with Gasteiger partial charge < -0.3 is 30.2 Å². The molecular weight excluding hydrogens is 481 g/mol. The number of aliphatic hydroxyl groups is 3. The molecule has 0 aliphatic carbocycles. The quantitative estimate of drug-likeness (QED) is 0.277. The van der Waals surface area contributed by atoms with E-state index in [1.165, 1.54) is 0 Å². The highest BCUT2D eigenvalue weighted by atomic mass is 35.5. The fourth-order valence-electron chi connectivity index (χ4n) is 3.42. The average molecular weight is 512 g/mol. The monoisotopic (exact) mass is 511 g/mol. The molecule has 0 amide bonds. The summed E-state index contributed by atoms with van der Waals surface area (Å²) in [5, 5.41) is 31.0. The zero-order valence-electron chi connectivity index (χ0n) is 19.2. The number of alkyl halides is 1. The van der Waals surface area contributed by atoms with E-state index in [1.807, 2.05) is 36.4 Å². The van der Waals surface area contributed by atoms with Gasteiger partial charge in [-0.15, -0.1) is 17.1 Å². The Hall–Kier alpha value is -2.20. The van der Waals surface area contributed by atoms with Crippen molar-refractivity contribution in [1.29, 1.82) is 0 Å². The maximum absolute atomic E-state index is 10.2. The number of hydrogen-bond donors (Lipinski definition) is 5. The Morgan fingerprint density at radius 2 is 1.68 bits per heavy atom. The number of nitrogens with one attached hydrogen (secondary N) is 2. The van der Waals surface area contributed by atoms with Crippen molar-refractivity contribution in [2.24, 2.45) is 0 Å². The number of benzene rings is 2. The number of hydrazine groups is 2. The van der Waals surface area contributed by atoms with Gasteiger partial charge in [0.05, 0.1) is 29.8 Å². The minimum atomic E-state index is -0.749. The molecule has 2 aromatic rings. The lowest BCUT2D eigenvalue weighted by Crippen LogP contribution is -2.42. The molecule has 1 aliphatic rings. The summed E-state index contributed by atoms with van der Waals surface area (Å²) < 4.78 is 11.3. The number of nitrogens with zero attached hydrogens (tertiary/aromatic N) is 1. The SMILES string of the molecule is CC(C)(c1ccc(OC[C@@H](O)CN2C=C(CO)NN2)cc1)c1ccc(OC[C@@H](O)CCl)c(Cl)c1. The van der Waals surface area contributed by atoms with Gasteiger partial charge in [0.1, 0.15) is 36.9 Å². The van der Waals surface area contributed by atoms with E-state index in [4.69, 9.17) is 37.8 Å². The highest BCUT2D eigenvalue weighted by Gasteiger charge is 2.24. The largest absolute Gasteiger partial charge is 0.491 e. The summed E-state index contributed by atoms with van der Waals surface area (Å²) in [5.41, 5.74) is 7.99. The minimum absolute atomic E-state index is 0.0773. The number of ether oxygens (including phenoxy) is 2. The molecule has 186 valence electrons. The van der Waals surface area contributed by atoms with Crippen LogP contribution < -0.4 is 20.4 Å². The van der Waals surface area contributed by atoms with Crippen LogP contribution in [0, 0.1) is 0 Å². The number of hydrogen-bond acceptors (Lipinski definition) is 8. The molecule has 3 rings (SSSR count). The lowest BCUT2D eigenvalue weighted by molar-refractivity contribution is 0.0687. The molecule has 34 heavy (non-hydrogen) atoms. The smallest absolute Gasteiger partial charge is 0.138 e. The van der Waals surface area contributed by atoms with E-state index in [0.29, 0.717) is 28.8 Å². The zero-order valence-corrected chi connectivity index (χ0v) is 20.7. The molecular formula is C24H31Cl2N3O5. The molecule has 0 saturated carbocycles. The Balaban J connectivity index is 1.57. The van der Waals surface area contributed by atoms with Crippen molar-refractivity contribution in [2.75, 3.05) is 32.2 Å². The molecule has 10 heteroatoms. The molecule has 8 nitrogen and oxygen atoms in total. The molecule has 1 heterocycles. The molecule has 2 aromatic carbocycles. The van der Waals surface area contributed by atoms with Crippen LogP contribution in [0.5, 0.6) is 11.5 Å². The molecule has 0 radical (unpaired) electrons. The molecule has 2 atom stereocenters. The van der Waals surface area contributed by atoms with Gasteiger partial charge in [-0.05, 0) is 35.4 Å². The maximum atomic E-state index is 10.2. The van der Waals surface area contributed by atoms with Crippen LogP contribution in [-0.4, -0.2) is 64.8 Å². The fraction of sp³-hybridized carbons (Fsp3) is 0.417. The minimum Gasteiger partial charge on any atom is -0.491 e. The third kappa shape index (κ3) is 6.91.